The number of amides is 2. The first-order valence-corrected chi connectivity index (χ1v) is 9.65. The van der Waals surface area contributed by atoms with Crippen LogP contribution in [0.25, 0.3) is 11.4 Å². The number of hydrogen-bond donors (Lipinski definition) is 1. The molecule has 1 saturated heterocycles. The van der Waals surface area contributed by atoms with Gasteiger partial charge in [-0.3, -0.25) is 0 Å². The largest absolute Gasteiger partial charge is 0.339 e. The molecule has 2 heterocycles. The van der Waals surface area contributed by atoms with E-state index < -0.39 is 0 Å². The van der Waals surface area contributed by atoms with Crippen molar-refractivity contribution in [2.24, 2.45) is 0 Å². The lowest BCUT2D eigenvalue weighted by Gasteiger charge is -2.36. The van der Waals surface area contributed by atoms with Crippen LogP contribution in [0.15, 0.2) is 53.1 Å². The number of anilines is 1. The molecular weight excluding hydrogens is 352 g/mol. The van der Waals surface area contributed by atoms with Crippen molar-refractivity contribution in [3.05, 3.63) is 65.5 Å². The van der Waals surface area contributed by atoms with E-state index in [0.29, 0.717) is 11.7 Å². The molecule has 6 nitrogen and oxygen atoms in total. The zero-order valence-electron chi connectivity index (χ0n) is 16.2. The van der Waals surface area contributed by atoms with Crippen molar-refractivity contribution in [3.8, 4) is 11.4 Å². The topological polar surface area (TPSA) is 71.3 Å². The van der Waals surface area contributed by atoms with E-state index in [4.69, 9.17) is 4.52 Å². The number of aryl methyl sites for hydroxylation is 2. The Morgan fingerprint density at radius 2 is 1.96 bits per heavy atom. The van der Waals surface area contributed by atoms with Gasteiger partial charge >= 0.3 is 6.03 Å². The Bertz CT molecular complexity index is 965. The van der Waals surface area contributed by atoms with Crippen LogP contribution in [0.1, 0.15) is 42.3 Å². The van der Waals surface area contributed by atoms with Gasteiger partial charge in [-0.15, -0.1) is 0 Å². The van der Waals surface area contributed by atoms with Crippen molar-refractivity contribution in [1.82, 2.24) is 15.0 Å². The maximum absolute atomic E-state index is 13.0. The van der Waals surface area contributed by atoms with E-state index in [-0.39, 0.29) is 12.1 Å². The molecule has 1 atom stereocenters. The van der Waals surface area contributed by atoms with Crippen molar-refractivity contribution < 1.29 is 9.32 Å². The minimum absolute atomic E-state index is 0.0771. The summed E-state index contributed by atoms with van der Waals surface area (Å²) >= 11 is 0. The molecule has 28 heavy (non-hydrogen) atoms. The SMILES string of the molecule is Cc1ccc(C2CCCCN2C(=O)Nc2cccc(-c3noc(C)n3)c2)cc1. The van der Waals surface area contributed by atoms with Crippen LogP contribution in [0, 0.1) is 13.8 Å². The number of piperidine rings is 1. The monoisotopic (exact) mass is 376 g/mol. The molecule has 1 unspecified atom stereocenters. The molecule has 1 fully saturated rings. The third-order valence-corrected chi connectivity index (χ3v) is 5.13. The Hall–Kier alpha value is -3.15. The zero-order valence-corrected chi connectivity index (χ0v) is 16.2. The van der Waals surface area contributed by atoms with Crippen molar-refractivity contribution in [3.63, 3.8) is 0 Å². The highest BCUT2D eigenvalue weighted by molar-refractivity contribution is 5.90. The molecule has 4 rings (SSSR count). The summed E-state index contributed by atoms with van der Waals surface area (Å²) in [5.74, 6) is 1.03. The van der Waals surface area contributed by atoms with Gasteiger partial charge in [0, 0.05) is 24.7 Å². The molecule has 1 aliphatic heterocycles. The number of aromatic nitrogens is 2. The van der Waals surface area contributed by atoms with Gasteiger partial charge in [-0.25, -0.2) is 4.79 Å². The second-order valence-electron chi connectivity index (χ2n) is 7.26. The third kappa shape index (κ3) is 3.91. The molecule has 0 aliphatic carbocycles. The summed E-state index contributed by atoms with van der Waals surface area (Å²) in [7, 11) is 0. The molecule has 0 radical (unpaired) electrons. The summed E-state index contributed by atoms with van der Waals surface area (Å²) in [5.41, 5.74) is 3.95. The Labute approximate surface area is 164 Å². The molecule has 1 N–H and O–H groups in total. The van der Waals surface area contributed by atoms with Crippen LogP contribution in [-0.2, 0) is 0 Å². The first-order chi connectivity index (χ1) is 13.6. The summed E-state index contributed by atoms with van der Waals surface area (Å²) in [6.45, 7) is 4.59. The molecule has 1 aromatic heterocycles. The molecule has 6 heteroatoms. The summed E-state index contributed by atoms with van der Waals surface area (Å²) in [5, 5.41) is 6.99. The maximum atomic E-state index is 13.0. The van der Waals surface area contributed by atoms with Gasteiger partial charge in [0.1, 0.15) is 0 Å². The third-order valence-electron chi connectivity index (χ3n) is 5.13. The Morgan fingerprint density at radius 3 is 2.71 bits per heavy atom. The summed E-state index contributed by atoms with van der Waals surface area (Å²) in [4.78, 5) is 19.2. The number of carbonyl (C=O) groups is 1. The summed E-state index contributed by atoms with van der Waals surface area (Å²) in [6.07, 6.45) is 3.14. The van der Waals surface area contributed by atoms with E-state index in [1.807, 2.05) is 29.2 Å². The highest BCUT2D eigenvalue weighted by Gasteiger charge is 2.28. The number of hydrogen-bond acceptors (Lipinski definition) is 4. The van der Waals surface area contributed by atoms with Crippen LogP contribution in [0.2, 0.25) is 0 Å². The smallest absolute Gasteiger partial charge is 0.322 e. The fourth-order valence-electron chi connectivity index (χ4n) is 3.66. The molecular formula is C22H24N4O2. The Kier molecular flexibility index (Phi) is 5.10. The van der Waals surface area contributed by atoms with Crippen LogP contribution >= 0.6 is 0 Å². The zero-order chi connectivity index (χ0) is 19.5. The molecule has 144 valence electrons. The second-order valence-corrected chi connectivity index (χ2v) is 7.26. The van der Waals surface area contributed by atoms with Crippen molar-refractivity contribution in [2.45, 2.75) is 39.2 Å². The average Bonchev–Trinajstić information content (AvgIpc) is 3.15. The highest BCUT2D eigenvalue weighted by atomic mass is 16.5. The van der Waals surface area contributed by atoms with Crippen LogP contribution in [0.5, 0.6) is 0 Å². The van der Waals surface area contributed by atoms with Gasteiger partial charge in [0.25, 0.3) is 0 Å². The predicted octanol–water partition coefficient (Wildman–Crippen LogP) is 5.11. The van der Waals surface area contributed by atoms with Gasteiger partial charge < -0.3 is 14.7 Å². The average molecular weight is 376 g/mol. The molecule has 0 spiro atoms. The quantitative estimate of drug-likeness (QED) is 0.689. The van der Waals surface area contributed by atoms with Gasteiger partial charge in [-0.1, -0.05) is 47.1 Å². The van der Waals surface area contributed by atoms with E-state index >= 15 is 0 Å². The lowest BCUT2D eigenvalue weighted by atomic mass is 9.95. The summed E-state index contributed by atoms with van der Waals surface area (Å²) < 4.78 is 5.05. The number of nitrogens with zero attached hydrogens (tertiary/aromatic N) is 3. The number of rotatable bonds is 3. The lowest BCUT2D eigenvalue weighted by Crippen LogP contribution is -2.41. The van der Waals surface area contributed by atoms with Crippen LogP contribution in [0.4, 0.5) is 10.5 Å². The number of urea groups is 1. The molecule has 0 bridgehead atoms. The van der Waals surface area contributed by atoms with E-state index in [2.05, 4.69) is 46.6 Å². The fraction of sp³-hybridized carbons (Fsp3) is 0.318. The van der Waals surface area contributed by atoms with Gasteiger partial charge in [-0.2, -0.15) is 4.98 Å². The van der Waals surface area contributed by atoms with E-state index in [9.17, 15) is 4.79 Å². The number of carbonyl (C=O) groups excluding carboxylic acids is 1. The van der Waals surface area contributed by atoms with Gasteiger partial charge in [0.05, 0.1) is 6.04 Å². The van der Waals surface area contributed by atoms with E-state index in [0.717, 1.165) is 37.1 Å². The van der Waals surface area contributed by atoms with Gasteiger partial charge in [0.2, 0.25) is 11.7 Å². The lowest BCUT2D eigenvalue weighted by molar-refractivity contribution is 0.163. The van der Waals surface area contributed by atoms with Crippen LogP contribution in [0.3, 0.4) is 0 Å². The molecule has 3 aromatic rings. The minimum atomic E-state index is -0.0771. The van der Waals surface area contributed by atoms with Crippen LogP contribution < -0.4 is 5.32 Å². The molecule has 2 aromatic carbocycles. The Morgan fingerprint density at radius 1 is 1.14 bits per heavy atom. The van der Waals surface area contributed by atoms with Crippen LogP contribution in [-0.4, -0.2) is 27.6 Å². The van der Waals surface area contributed by atoms with Crippen molar-refractivity contribution >= 4 is 11.7 Å². The van der Waals surface area contributed by atoms with E-state index in [1.165, 1.54) is 11.1 Å². The molecule has 0 saturated carbocycles. The summed E-state index contributed by atoms with van der Waals surface area (Å²) in [6, 6.07) is 16.0. The maximum Gasteiger partial charge on any atom is 0.322 e. The van der Waals surface area contributed by atoms with Gasteiger partial charge in [-0.05, 0) is 43.9 Å². The highest BCUT2D eigenvalue weighted by Crippen LogP contribution is 2.32. The molecule has 1 aliphatic rings. The standard InChI is InChI=1S/C22H24N4O2/c1-15-9-11-17(12-10-15)20-8-3-4-13-26(20)22(27)24-19-7-5-6-18(14-19)21-23-16(2)28-25-21/h5-7,9-12,14,20H,3-4,8,13H2,1-2H3,(H,24,27). The van der Waals surface area contributed by atoms with E-state index in [1.54, 1.807) is 6.92 Å². The number of benzene rings is 2. The Balaban J connectivity index is 1.52. The number of nitrogens with one attached hydrogen (secondary N) is 1. The first kappa shape index (κ1) is 18.2. The first-order valence-electron chi connectivity index (χ1n) is 9.65. The fourth-order valence-corrected chi connectivity index (χ4v) is 3.66. The number of likely N-dealkylation sites (tertiary alicyclic amines) is 1. The minimum Gasteiger partial charge on any atom is -0.339 e. The predicted molar refractivity (Wildman–Crippen MR) is 108 cm³/mol. The second kappa shape index (κ2) is 7.84. The van der Waals surface area contributed by atoms with Crippen molar-refractivity contribution in [1.29, 1.82) is 0 Å². The van der Waals surface area contributed by atoms with Crippen molar-refractivity contribution in [2.75, 3.05) is 11.9 Å². The molecule has 2 amide bonds. The van der Waals surface area contributed by atoms with Gasteiger partial charge in [0.15, 0.2) is 0 Å². The normalized spacial score (nSPS) is 16.8.